The number of likely N-dealkylation sites (tertiary alicyclic amines) is 1. The lowest BCUT2D eigenvalue weighted by atomic mass is 9.70. The molecule has 4 heterocycles. The smallest absolute Gasteiger partial charge is 0.223 e. The van der Waals surface area contributed by atoms with Gasteiger partial charge in [-0.25, -0.2) is 0 Å². The van der Waals surface area contributed by atoms with Gasteiger partial charge in [0.15, 0.2) is 5.76 Å². The van der Waals surface area contributed by atoms with Gasteiger partial charge >= 0.3 is 0 Å². The van der Waals surface area contributed by atoms with Crippen molar-refractivity contribution in [2.24, 2.45) is 11.8 Å². The van der Waals surface area contributed by atoms with E-state index >= 15 is 0 Å². The molecule has 28 heavy (non-hydrogen) atoms. The molecule has 0 unspecified atom stereocenters. The average molecular weight is 380 g/mol. The fraction of sp³-hybridized carbons (Fsp3) is 0.565. The standard InChI is InChI=1S/C23H29N3O2/c1-16-10-20(28-24-16)15-25-13-18-12-19(14-25)22(11-17-6-3-2-4-7-17)26-21(18)8-5-9-23(26)27/h2-4,6-7,10,18-19,21-22H,5,8-9,11-15H2,1H3/t18-,19+,21+,22+/m1/s1. The molecule has 148 valence electrons. The number of nitrogens with zero attached hydrogens (tertiary/aromatic N) is 3. The number of hydrogen-bond donors (Lipinski definition) is 0. The maximum absolute atomic E-state index is 12.9. The van der Waals surface area contributed by atoms with Crippen molar-refractivity contribution in [3.8, 4) is 0 Å². The van der Waals surface area contributed by atoms with Gasteiger partial charge in [-0.3, -0.25) is 9.69 Å². The zero-order valence-corrected chi connectivity index (χ0v) is 16.6. The van der Waals surface area contributed by atoms with Gasteiger partial charge in [-0.1, -0.05) is 35.5 Å². The maximum atomic E-state index is 12.9. The largest absolute Gasteiger partial charge is 0.360 e. The van der Waals surface area contributed by atoms with E-state index in [1.165, 1.54) is 12.0 Å². The lowest BCUT2D eigenvalue weighted by molar-refractivity contribution is -0.153. The molecule has 0 spiro atoms. The van der Waals surface area contributed by atoms with Crippen molar-refractivity contribution >= 4 is 5.91 Å². The van der Waals surface area contributed by atoms with Crippen LogP contribution in [0.25, 0.3) is 0 Å². The van der Waals surface area contributed by atoms with Crippen LogP contribution in [0.3, 0.4) is 0 Å². The highest BCUT2D eigenvalue weighted by Gasteiger charge is 2.49. The summed E-state index contributed by atoms with van der Waals surface area (Å²) in [4.78, 5) is 17.8. The minimum Gasteiger partial charge on any atom is -0.360 e. The highest BCUT2D eigenvalue weighted by atomic mass is 16.5. The molecular weight excluding hydrogens is 350 g/mol. The van der Waals surface area contributed by atoms with Crippen molar-refractivity contribution in [1.82, 2.24) is 15.0 Å². The van der Waals surface area contributed by atoms with Crippen molar-refractivity contribution in [3.63, 3.8) is 0 Å². The second-order valence-corrected chi connectivity index (χ2v) is 8.90. The van der Waals surface area contributed by atoms with Crippen molar-refractivity contribution in [2.75, 3.05) is 13.1 Å². The average Bonchev–Trinajstić information content (AvgIpc) is 3.11. The van der Waals surface area contributed by atoms with Gasteiger partial charge in [-0.05, 0) is 50.0 Å². The number of aryl methyl sites for hydroxylation is 1. The fourth-order valence-corrected chi connectivity index (χ4v) is 5.83. The zero-order valence-electron chi connectivity index (χ0n) is 16.6. The topological polar surface area (TPSA) is 49.6 Å². The number of piperidine rings is 3. The first-order valence-corrected chi connectivity index (χ1v) is 10.7. The van der Waals surface area contributed by atoms with E-state index in [0.717, 1.165) is 56.8 Å². The van der Waals surface area contributed by atoms with Crippen LogP contribution in [0.5, 0.6) is 0 Å². The molecule has 1 amide bonds. The lowest BCUT2D eigenvalue weighted by Crippen LogP contribution is -2.65. The van der Waals surface area contributed by atoms with E-state index < -0.39 is 0 Å². The van der Waals surface area contributed by atoms with Gasteiger partial charge in [0, 0.05) is 37.7 Å². The van der Waals surface area contributed by atoms with E-state index in [4.69, 9.17) is 4.52 Å². The van der Waals surface area contributed by atoms with Crippen molar-refractivity contribution in [2.45, 2.75) is 57.7 Å². The molecule has 4 atom stereocenters. The molecule has 0 aliphatic carbocycles. The molecule has 0 radical (unpaired) electrons. The maximum Gasteiger partial charge on any atom is 0.223 e. The van der Waals surface area contributed by atoms with E-state index in [1.807, 2.05) is 13.0 Å². The summed E-state index contributed by atoms with van der Waals surface area (Å²) in [6, 6.07) is 13.5. The molecule has 3 saturated heterocycles. The SMILES string of the molecule is Cc1cc(CN2C[C@H]3C[C@@H](C2)[C@H](Cc2ccccc2)N2C(=O)CCC[C@@H]32)on1. The van der Waals surface area contributed by atoms with Gasteiger partial charge in [0.1, 0.15) is 0 Å². The molecule has 5 rings (SSSR count). The first-order valence-electron chi connectivity index (χ1n) is 10.7. The van der Waals surface area contributed by atoms with Gasteiger partial charge in [0.2, 0.25) is 5.91 Å². The van der Waals surface area contributed by atoms with E-state index in [0.29, 0.717) is 29.8 Å². The molecular formula is C23H29N3O2. The Labute approximate surface area is 166 Å². The number of amides is 1. The Kier molecular flexibility index (Phi) is 4.71. The first kappa shape index (κ1) is 17.9. The third kappa shape index (κ3) is 3.37. The van der Waals surface area contributed by atoms with Gasteiger partial charge < -0.3 is 9.42 Å². The van der Waals surface area contributed by atoms with Crippen LogP contribution in [0.1, 0.15) is 42.7 Å². The van der Waals surface area contributed by atoms with Crippen LogP contribution in [0.4, 0.5) is 0 Å². The number of fused-ring (bicyclic) bond motifs is 4. The Balaban J connectivity index is 1.40. The monoisotopic (exact) mass is 379 g/mol. The van der Waals surface area contributed by atoms with Crippen LogP contribution in [0.15, 0.2) is 40.9 Å². The Morgan fingerprint density at radius 1 is 1.18 bits per heavy atom. The molecule has 5 heteroatoms. The number of hydrogen-bond acceptors (Lipinski definition) is 4. The highest BCUT2D eigenvalue weighted by molar-refractivity contribution is 5.78. The summed E-state index contributed by atoms with van der Waals surface area (Å²) in [7, 11) is 0. The minimum atomic E-state index is 0.315. The zero-order chi connectivity index (χ0) is 19.1. The summed E-state index contributed by atoms with van der Waals surface area (Å²) in [5, 5.41) is 4.05. The molecule has 5 nitrogen and oxygen atoms in total. The molecule has 0 N–H and O–H groups in total. The molecule has 3 aliphatic rings. The Morgan fingerprint density at radius 2 is 2.00 bits per heavy atom. The summed E-state index contributed by atoms with van der Waals surface area (Å²) in [5.74, 6) is 2.44. The summed E-state index contributed by atoms with van der Waals surface area (Å²) < 4.78 is 5.48. The summed E-state index contributed by atoms with van der Waals surface area (Å²) >= 11 is 0. The first-order chi connectivity index (χ1) is 13.7. The second kappa shape index (κ2) is 7.36. The van der Waals surface area contributed by atoms with E-state index in [-0.39, 0.29) is 0 Å². The number of benzene rings is 1. The molecule has 2 bridgehead atoms. The van der Waals surface area contributed by atoms with Gasteiger partial charge in [0.25, 0.3) is 0 Å². The summed E-state index contributed by atoms with van der Waals surface area (Å²) in [6.45, 7) is 4.89. The number of aromatic nitrogens is 1. The fourth-order valence-electron chi connectivity index (χ4n) is 5.83. The molecule has 2 aromatic rings. The second-order valence-electron chi connectivity index (χ2n) is 8.90. The van der Waals surface area contributed by atoms with Crippen LogP contribution in [-0.2, 0) is 17.8 Å². The molecule has 0 saturated carbocycles. The highest BCUT2D eigenvalue weighted by Crippen LogP contribution is 2.42. The van der Waals surface area contributed by atoms with Gasteiger partial charge in [0.05, 0.1) is 12.2 Å². The van der Waals surface area contributed by atoms with Crippen LogP contribution in [-0.4, -0.2) is 46.0 Å². The van der Waals surface area contributed by atoms with Crippen molar-refractivity contribution in [3.05, 3.63) is 53.4 Å². The summed E-state index contributed by atoms with van der Waals surface area (Å²) in [6.07, 6.45) is 5.14. The lowest BCUT2D eigenvalue weighted by Gasteiger charge is -2.56. The van der Waals surface area contributed by atoms with Crippen molar-refractivity contribution < 1.29 is 9.32 Å². The van der Waals surface area contributed by atoms with E-state index in [9.17, 15) is 4.79 Å². The quantitative estimate of drug-likeness (QED) is 0.817. The van der Waals surface area contributed by atoms with Gasteiger partial charge in [-0.2, -0.15) is 0 Å². The van der Waals surface area contributed by atoms with Crippen LogP contribution in [0.2, 0.25) is 0 Å². The normalized spacial score (nSPS) is 30.3. The third-order valence-electron chi connectivity index (χ3n) is 6.92. The Hall–Kier alpha value is -2.14. The van der Waals surface area contributed by atoms with Crippen LogP contribution < -0.4 is 0 Å². The minimum absolute atomic E-state index is 0.315. The number of carbonyl (C=O) groups excluding carboxylic acids is 1. The Morgan fingerprint density at radius 3 is 2.79 bits per heavy atom. The summed E-state index contributed by atoms with van der Waals surface area (Å²) in [5.41, 5.74) is 2.28. The predicted octanol–water partition coefficient (Wildman–Crippen LogP) is 3.43. The molecule has 1 aromatic carbocycles. The number of rotatable bonds is 4. The predicted molar refractivity (Wildman–Crippen MR) is 107 cm³/mol. The number of carbonyl (C=O) groups is 1. The van der Waals surface area contributed by atoms with Crippen molar-refractivity contribution in [1.29, 1.82) is 0 Å². The van der Waals surface area contributed by atoms with Crippen LogP contribution in [0, 0.1) is 18.8 Å². The third-order valence-corrected chi connectivity index (χ3v) is 6.92. The van der Waals surface area contributed by atoms with Crippen LogP contribution >= 0.6 is 0 Å². The van der Waals surface area contributed by atoms with E-state index in [1.54, 1.807) is 0 Å². The Bertz CT molecular complexity index is 833. The molecule has 3 fully saturated rings. The van der Waals surface area contributed by atoms with E-state index in [2.05, 4.69) is 45.3 Å². The molecule has 3 aliphatic heterocycles. The van der Waals surface area contributed by atoms with Gasteiger partial charge in [-0.15, -0.1) is 0 Å². The molecule has 1 aromatic heterocycles.